The van der Waals surface area contributed by atoms with E-state index < -0.39 is 12.0 Å². The summed E-state index contributed by atoms with van der Waals surface area (Å²) < 4.78 is 0. The van der Waals surface area contributed by atoms with Crippen LogP contribution in [-0.4, -0.2) is 22.1 Å². The largest absolute Gasteiger partial charge is 0.480 e. The molecule has 0 aromatic carbocycles. The van der Waals surface area contributed by atoms with Crippen molar-refractivity contribution in [1.29, 1.82) is 0 Å². The van der Waals surface area contributed by atoms with Gasteiger partial charge in [0.25, 0.3) is 0 Å². The second-order valence-corrected chi connectivity index (χ2v) is 2.50. The van der Waals surface area contributed by atoms with E-state index in [0.717, 1.165) is 5.56 Å². The van der Waals surface area contributed by atoms with Gasteiger partial charge in [-0.2, -0.15) is 0 Å². The highest BCUT2D eigenvalue weighted by Gasteiger charge is 2.11. The van der Waals surface area contributed by atoms with E-state index in [9.17, 15) is 4.79 Å². The van der Waals surface area contributed by atoms with Crippen LogP contribution in [0, 0.1) is 0 Å². The van der Waals surface area contributed by atoms with Crippen LogP contribution in [0.2, 0.25) is 0 Å². The van der Waals surface area contributed by atoms with Gasteiger partial charge in [-0.1, -0.05) is 0 Å². The van der Waals surface area contributed by atoms with Crippen molar-refractivity contribution >= 4 is 30.8 Å². The van der Waals surface area contributed by atoms with Crippen LogP contribution in [0.15, 0.2) is 24.5 Å². The lowest BCUT2D eigenvalue weighted by atomic mass is 10.1. The summed E-state index contributed by atoms with van der Waals surface area (Å²) in [7, 11) is 0. The first kappa shape index (κ1) is 15.6. The van der Waals surface area contributed by atoms with Gasteiger partial charge in [-0.15, -0.1) is 24.8 Å². The first-order chi connectivity index (χ1) is 5.70. The average Bonchev–Trinajstić information content (AvgIpc) is 2.06. The zero-order chi connectivity index (χ0) is 8.97. The highest BCUT2D eigenvalue weighted by molar-refractivity contribution is 5.85. The van der Waals surface area contributed by atoms with Crippen molar-refractivity contribution in [3.8, 4) is 0 Å². The Bertz CT molecular complexity index is 269. The summed E-state index contributed by atoms with van der Waals surface area (Å²) in [5, 5.41) is 8.50. The molecule has 0 aliphatic carbocycles. The predicted molar refractivity (Wildman–Crippen MR) is 58.0 cm³/mol. The van der Waals surface area contributed by atoms with Gasteiger partial charge in [0.1, 0.15) is 6.04 Å². The van der Waals surface area contributed by atoms with Gasteiger partial charge in [-0.3, -0.25) is 9.78 Å². The average molecular weight is 239 g/mol. The molecule has 14 heavy (non-hydrogen) atoms. The van der Waals surface area contributed by atoms with Crippen LogP contribution in [-0.2, 0) is 11.2 Å². The van der Waals surface area contributed by atoms with Crippen molar-refractivity contribution in [2.75, 3.05) is 0 Å². The fraction of sp³-hybridized carbons (Fsp3) is 0.250. The Morgan fingerprint density at radius 2 is 1.93 bits per heavy atom. The molecule has 1 rings (SSSR count). The summed E-state index contributed by atoms with van der Waals surface area (Å²) >= 11 is 0. The zero-order valence-corrected chi connectivity index (χ0v) is 8.92. The third kappa shape index (κ3) is 5.01. The molecule has 0 radical (unpaired) electrons. The first-order valence-electron chi connectivity index (χ1n) is 3.57. The number of hydrogen-bond acceptors (Lipinski definition) is 3. The molecule has 0 bridgehead atoms. The van der Waals surface area contributed by atoms with Crippen LogP contribution in [0.3, 0.4) is 0 Å². The molecule has 0 fully saturated rings. The van der Waals surface area contributed by atoms with Crippen LogP contribution in [0.1, 0.15) is 5.56 Å². The molecule has 1 aromatic rings. The van der Waals surface area contributed by atoms with E-state index in [1.165, 1.54) is 0 Å². The van der Waals surface area contributed by atoms with Crippen molar-refractivity contribution in [1.82, 2.24) is 4.98 Å². The molecule has 0 unspecified atom stereocenters. The minimum Gasteiger partial charge on any atom is -0.480 e. The monoisotopic (exact) mass is 238 g/mol. The highest BCUT2D eigenvalue weighted by atomic mass is 35.5. The summed E-state index contributed by atoms with van der Waals surface area (Å²) in [6.45, 7) is 0. The van der Waals surface area contributed by atoms with Crippen LogP contribution in [0.25, 0.3) is 0 Å². The van der Waals surface area contributed by atoms with Crippen LogP contribution in [0.5, 0.6) is 0 Å². The second kappa shape index (κ2) is 7.55. The van der Waals surface area contributed by atoms with Crippen LogP contribution >= 0.6 is 24.8 Å². The van der Waals surface area contributed by atoms with Crippen molar-refractivity contribution in [2.24, 2.45) is 5.73 Å². The molecule has 1 heterocycles. The lowest BCUT2D eigenvalue weighted by Crippen LogP contribution is -2.32. The van der Waals surface area contributed by atoms with E-state index in [1.54, 1.807) is 24.5 Å². The van der Waals surface area contributed by atoms with Crippen LogP contribution in [0.4, 0.5) is 0 Å². The summed E-state index contributed by atoms with van der Waals surface area (Å²) in [6, 6.07) is 2.68. The predicted octanol–water partition coefficient (Wildman–Crippen LogP) is 0.880. The van der Waals surface area contributed by atoms with Crippen LogP contribution < -0.4 is 5.73 Å². The molecule has 0 saturated carbocycles. The Kier molecular flexibility index (Phi) is 8.43. The van der Waals surface area contributed by atoms with E-state index >= 15 is 0 Å². The lowest BCUT2D eigenvalue weighted by molar-refractivity contribution is -0.138. The summed E-state index contributed by atoms with van der Waals surface area (Å²) in [5.41, 5.74) is 6.22. The van der Waals surface area contributed by atoms with Crippen molar-refractivity contribution in [2.45, 2.75) is 12.5 Å². The fourth-order valence-electron chi connectivity index (χ4n) is 0.860. The maximum Gasteiger partial charge on any atom is 0.320 e. The van der Waals surface area contributed by atoms with Gasteiger partial charge in [0.2, 0.25) is 0 Å². The Labute approximate surface area is 94.3 Å². The van der Waals surface area contributed by atoms with Gasteiger partial charge in [-0.05, 0) is 24.1 Å². The number of pyridine rings is 1. The molecule has 1 aromatic heterocycles. The molecule has 1 atom stereocenters. The molecular formula is C8H12Cl2N2O2. The third-order valence-corrected chi connectivity index (χ3v) is 1.52. The molecule has 3 N–H and O–H groups in total. The second-order valence-electron chi connectivity index (χ2n) is 2.50. The molecular weight excluding hydrogens is 227 g/mol. The van der Waals surface area contributed by atoms with E-state index in [0.29, 0.717) is 6.42 Å². The SMILES string of the molecule is Cl.Cl.N[C@H](Cc1ccncc1)C(=O)O. The molecule has 0 aliphatic heterocycles. The van der Waals surface area contributed by atoms with Crippen molar-refractivity contribution in [3.63, 3.8) is 0 Å². The molecule has 0 spiro atoms. The maximum atomic E-state index is 10.4. The topological polar surface area (TPSA) is 76.2 Å². The number of carboxylic acid groups (broad SMARTS) is 1. The maximum absolute atomic E-state index is 10.4. The molecule has 0 amide bonds. The Morgan fingerprint density at radius 3 is 2.36 bits per heavy atom. The van der Waals surface area contributed by atoms with Gasteiger partial charge >= 0.3 is 5.97 Å². The van der Waals surface area contributed by atoms with Crippen molar-refractivity contribution in [3.05, 3.63) is 30.1 Å². The minimum atomic E-state index is -0.980. The number of nitrogens with two attached hydrogens (primary N) is 1. The number of aromatic nitrogens is 1. The fourth-order valence-corrected chi connectivity index (χ4v) is 0.860. The Morgan fingerprint density at radius 1 is 1.43 bits per heavy atom. The number of carbonyl (C=O) groups is 1. The van der Waals surface area contributed by atoms with E-state index in [1.807, 2.05) is 0 Å². The molecule has 80 valence electrons. The van der Waals surface area contributed by atoms with Gasteiger partial charge in [0, 0.05) is 12.4 Å². The normalized spacial score (nSPS) is 10.6. The molecule has 6 heteroatoms. The smallest absolute Gasteiger partial charge is 0.320 e. The number of hydrogen-bond donors (Lipinski definition) is 2. The Balaban J connectivity index is 0. The van der Waals surface area contributed by atoms with Gasteiger partial charge in [0.15, 0.2) is 0 Å². The number of nitrogens with zero attached hydrogens (tertiary/aromatic N) is 1. The molecule has 0 aliphatic rings. The van der Waals surface area contributed by atoms with Gasteiger partial charge in [0.05, 0.1) is 0 Å². The summed E-state index contributed by atoms with van der Waals surface area (Å²) in [6.07, 6.45) is 3.58. The molecule has 4 nitrogen and oxygen atoms in total. The summed E-state index contributed by atoms with van der Waals surface area (Å²) in [4.78, 5) is 14.2. The number of halogens is 2. The quantitative estimate of drug-likeness (QED) is 0.820. The lowest BCUT2D eigenvalue weighted by Gasteiger charge is -2.04. The number of aliphatic carboxylic acids is 1. The third-order valence-electron chi connectivity index (χ3n) is 1.52. The van der Waals surface area contributed by atoms with Crippen molar-refractivity contribution < 1.29 is 9.90 Å². The first-order valence-corrected chi connectivity index (χ1v) is 3.57. The van der Waals surface area contributed by atoms with Gasteiger partial charge in [-0.25, -0.2) is 0 Å². The molecule has 0 saturated heterocycles. The number of rotatable bonds is 3. The van der Waals surface area contributed by atoms with E-state index in [2.05, 4.69) is 4.98 Å². The minimum absolute atomic E-state index is 0. The zero-order valence-electron chi connectivity index (χ0n) is 7.29. The van der Waals surface area contributed by atoms with E-state index in [-0.39, 0.29) is 24.8 Å². The Hall–Kier alpha value is -0.840. The highest BCUT2D eigenvalue weighted by Crippen LogP contribution is 1.99. The number of carboxylic acids is 1. The van der Waals surface area contributed by atoms with Gasteiger partial charge < -0.3 is 10.8 Å². The van der Waals surface area contributed by atoms with E-state index in [4.69, 9.17) is 10.8 Å². The summed E-state index contributed by atoms with van der Waals surface area (Å²) in [5.74, 6) is -0.980. The standard InChI is InChI=1S/C8H10N2O2.2ClH/c9-7(8(11)12)5-6-1-3-10-4-2-6;;/h1-4,7H,5,9H2,(H,11,12);2*1H/t7-;;/m1../s1.